The van der Waals surface area contributed by atoms with Crippen LogP contribution in [0.1, 0.15) is 28.8 Å². The van der Waals surface area contributed by atoms with Crippen LogP contribution in [0.15, 0.2) is 48.5 Å². The zero-order chi connectivity index (χ0) is 19.4. The maximum atomic E-state index is 12.5. The normalized spacial score (nSPS) is 13.7. The molecule has 8 heteroatoms. The fraction of sp³-hybridized carbons (Fsp3) is 0.263. The van der Waals surface area contributed by atoms with Gasteiger partial charge in [0.15, 0.2) is 6.61 Å². The van der Waals surface area contributed by atoms with Crippen molar-refractivity contribution in [3.63, 3.8) is 0 Å². The lowest BCUT2D eigenvalue weighted by molar-refractivity contribution is -0.137. The third-order valence-corrected chi connectivity index (χ3v) is 3.87. The minimum atomic E-state index is -4.43. The van der Waals surface area contributed by atoms with Crippen molar-refractivity contribution in [1.29, 1.82) is 0 Å². The van der Waals surface area contributed by atoms with E-state index in [1.54, 1.807) is 18.2 Å². The lowest BCUT2D eigenvalue weighted by Gasteiger charge is -2.10. The Kier molecular flexibility index (Phi) is 5.34. The predicted octanol–water partition coefficient (Wildman–Crippen LogP) is 3.62. The fourth-order valence-corrected chi connectivity index (χ4v) is 2.31. The molecular weight excluding hydrogens is 361 g/mol. The van der Waals surface area contributed by atoms with Crippen LogP contribution in [0.4, 0.5) is 18.9 Å². The molecule has 2 aromatic rings. The smallest absolute Gasteiger partial charge is 0.416 e. The first-order chi connectivity index (χ1) is 12.8. The summed E-state index contributed by atoms with van der Waals surface area (Å²) in [6.07, 6.45) is -2.47. The molecule has 1 aliphatic rings. The SMILES string of the molecule is O=C(COc1cccc(C(=O)NC2CC2)c1)Nc1ccc(C(F)(F)F)cc1. The molecule has 0 bridgehead atoms. The first-order valence-corrected chi connectivity index (χ1v) is 8.32. The Morgan fingerprint density at radius 3 is 2.41 bits per heavy atom. The molecule has 1 fully saturated rings. The minimum Gasteiger partial charge on any atom is -0.484 e. The summed E-state index contributed by atoms with van der Waals surface area (Å²) in [5.74, 6) is -0.374. The van der Waals surface area contributed by atoms with Gasteiger partial charge in [-0.05, 0) is 55.3 Å². The molecule has 0 spiro atoms. The van der Waals surface area contributed by atoms with Crippen molar-refractivity contribution >= 4 is 17.5 Å². The number of nitrogens with one attached hydrogen (secondary N) is 2. The molecule has 2 amide bonds. The Morgan fingerprint density at radius 1 is 1.07 bits per heavy atom. The van der Waals surface area contributed by atoms with Gasteiger partial charge in [-0.1, -0.05) is 6.07 Å². The molecule has 0 aromatic heterocycles. The molecule has 142 valence electrons. The molecule has 2 aromatic carbocycles. The van der Waals surface area contributed by atoms with E-state index in [9.17, 15) is 22.8 Å². The van der Waals surface area contributed by atoms with Crippen molar-refractivity contribution in [2.45, 2.75) is 25.1 Å². The Bertz CT molecular complexity index is 831. The van der Waals surface area contributed by atoms with Gasteiger partial charge >= 0.3 is 6.18 Å². The number of halogens is 3. The lowest BCUT2D eigenvalue weighted by atomic mass is 10.2. The highest BCUT2D eigenvalue weighted by Gasteiger charge is 2.30. The molecule has 0 atom stereocenters. The van der Waals surface area contributed by atoms with Gasteiger partial charge in [0.05, 0.1) is 5.56 Å². The average molecular weight is 378 g/mol. The number of amides is 2. The van der Waals surface area contributed by atoms with E-state index in [0.717, 1.165) is 25.0 Å². The highest BCUT2D eigenvalue weighted by molar-refractivity contribution is 5.95. The van der Waals surface area contributed by atoms with Crippen molar-refractivity contribution in [2.24, 2.45) is 0 Å². The van der Waals surface area contributed by atoms with Gasteiger partial charge in [0, 0.05) is 17.3 Å². The largest absolute Gasteiger partial charge is 0.484 e. The number of hydrogen-bond acceptors (Lipinski definition) is 3. The van der Waals surface area contributed by atoms with Crippen molar-refractivity contribution in [2.75, 3.05) is 11.9 Å². The Labute approximate surface area is 153 Å². The molecule has 1 saturated carbocycles. The Morgan fingerprint density at radius 2 is 1.78 bits per heavy atom. The fourth-order valence-electron chi connectivity index (χ4n) is 2.31. The molecule has 27 heavy (non-hydrogen) atoms. The van der Waals surface area contributed by atoms with Crippen molar-refractivity contribution in [3.05, 3.63) is 59.7 Å². The molecule has 3 rings (SSSR count). The van der Waals surface area contributed by atoms with Crippen molar-refractivity contribution < 1.29 is 27.5 Å². The van der Waals surface area contributed by atoms with Crippen LogP contribution in [-0.4, -0.2) is 24.5 Å². The third-order valence-electron chi connectivity index (χ3n) is 3.87. The first kappa shape index (κ1) is 18.8. The van der Waals surface area contributed by atoms with E-state index in [2.05, 4.69) is 10.6 Å². The predicted molar refractivity (Wildman–Crippen MR) is 92.5 cm³/mol. The van der Waals surface area contributed by atoms with Gasteiger partial charge in [-0.15, -0.1) is 0 Å². The van der Waals surface area contributed by atoms with Crippen LogP contribution in [0, 0.1) is 0 Å². The second-order valence-corrected chi connectivity index (χ2v) is 6.19. The van der Waals surface area contributed by atoms with Crippen LogP contribution in [0.25, 0.3) is 0 Å². The highest BCUT2D eigenvalue weighted by atomic mass is 19.4. The van der Waals surface area contributed by atoms with E-state index in [-0.39, 0.29) is 24.2 Å². The number of carbonyl (C=O) groups is 2. The van der Waals surface area contributed by atoms with Gasteiger partial charge in [0.25, 0.3) is 11.8 Å². The molecule has 0 unspecified atom stereocenters. The topological polar surface area (TPSA) is 67.4 Å². The molecule has 0 radical (unpaired) electrons. The maximum absolute atomic E-state index is 12.5. The molecular formula is C19H17F3N2O3. The number of ether oxygens (including phenoxy) is 1. The standard InChI is InChI=1S/C19H17F3N2O3/c20-19(21,22)13-4-6-14(7-5-13)23-17(25)11-27-16-3-1-2-12(10-16)18(26)24-15-8-9-15/h1-7,10,15H,8-9,11H2,(H,23,25)(H,24,26). The van der Waals surface area contributed by atoms with Crippen LogP contribution in [0.5, 0.6) is 5.75 Å². The minimum absolute atomic E-state index is 0.197. The monoisotopic (exact) mass is 378 g/mol. The van der Waals surface area contributed by atoms with E-state index in [0.29, 0.717) is 11.3 Å². The van der Waals surface area contributed by atoms with Gasteiger partial charge in [0.2, 0.25) is 0 Å². The highest BCUT2D eigenvalue weighted by Crippen LogP contribution is 2.29. The lowest BCUT2D eigenvalue weighted by Crippen LogP contribution is -2.25. The number of alkyl halides is 3. The van der Waals surface area contributed by atoms with Crippen LogP contribution in [-0.2, 0) is 11.0 Å². The summed E-state index contributed by atoms with van der Waals surface area (Å²) < 4.78 is 42.9. The third kappa shape index (κ3) is 5.47. The Balaban J connectivity index is 1.52. The van der Waals surface area contributed by atoms with Gasteiger partial charge < -0.3 is 15.4 Å². The average Bonchev–Trinajstić information content (AvgIpc) is 3.44. The van der Waals surface area contributed by atoms with Crippen LogP contribution in [0.3, 0.4) is 0 Å². The second kappa shape index (κ2) is 7.69. The summed E-state index contributed by atoms with van der Waals surface area (Å²) in [4.78, 5) is 23.9. The first-order valence-electron chi connectivity index (χ1n) is 8.32. The number of benzene rings is 2. The van der Waals surface area contributed by atoms with Crippen LogP contribution < -0.4 is 15.4 Å². The maximum Gasteiger partial charge on any atom is 0.416 e. The summed E-state index contributed by atoms with van der Waals surface area (Å²) >= 11 is 0. The quantitative estimate of drug-likeness (QED) is 0.807. The summed E-state index contributed by atoms with van der Waals surface area (Å²) in [7, 11) is 0. The van der Waals surface area contributed by atoms with E-state index in [1.165, 1.54) is 18.2 Å². The number of hydrogen-bond donors (Lipinski definition) is 2. The van der Waals surface area contributed by atoms with E-state index in [1.807, 2.05) is 0 Å². The Hall–Kier alpha value is -3.03. The molecule has 1 aliphatic carbocycles. The summed E-state index contributed by atoms with van der Waals surface area (Å²) in [6, 6.07) is 10.8. The van der Waals surface area contributed by atoms with Gasteiger partial charge in [-0.3, -0.25) is 9.59 Å². The molecule has 5 nitrogen and oxygen atoms in total. The van der Waals surface area contributed by atoms with Crippen molar-refractivity contribution in [1.82, 2.24) is 5.32 Å². The van der Waals surface area contributed by atoms with Gasteiger partial charge in [-0.25, -0.2) is 0 Å². The molecule has 0 saturated heterocycles. The number of rotatable bonds is 6. The summed E-state index contributed by atoms with van der Waals surface area (Å²) in [5.41, 5.74) is -0.130. The van der Waals surface area contributed by atoms with Crippen LogP contribution in [0.2, 0.25) is 0 Å². The summed E-state index contributed by atoms with van der Waals surface area (Å²) in [6.45, 7) is -0.339. The molecule has 0 heterocycles. The van der Waals surface area contributed by atoms with Gasteiger partial charge in [0.1, 0.15) is 5.75 Å². The zero-order valence-corrected chi connectivity index (χ0v) is 14.2. The second-order valence-electron chi connectivity index (χ2n) is 6.19. The molecule has 2 N–H and O–H groups in total. The van der Waals surface area contributed by atoms with Crippen molar-refractivity contribution in [3.8, 4) is 5.75 Å². The summed E-state index contributed by atoms with van der Waals surface area (Å²) in [5, 5.41) is 5.31. The van der Waals surface area contributed by atoms with Gasteiger partial charge in [-0.2, -0.15) is 13.2 Å². The van der Waals surface area contributed by atoms with E-state index >= 15 is 0 Å². The number of anilines is 1. The number of carbonyl (C=O) groups excluding carboxylic acids is 2. The van der Waals surface area contributed by atoms with Crippen LogP contribution >= 0.6 is 0 Å². The van der Waals surface area contributed by atoms with E-state index in [4.69, 9.17) is 4.74 Å². The zero-order valence-electron chi connectivity index (χ0n) is 14.2. The van der Waals surface area contributed by atoms with E-state index < -0.39 is 17.6 Å². The molecule has 0 aliphatic heterocycles.